The summed E-state index contributed by atoms with van der Waals surface area (Å²) in [6.07, 6.45) is 1.12. The topological polar surface area (TPSA) is 83.9 Å². The van der Waals surface area contributed by atoms with E-state index >= 15 is 0 Å². The molecule has 30 heavy (non-hydrogen) atoms. The molecule has 7 heteroatoms. The molecule has 0 aliphatic heterocycles. The smallest absolute Gasteiger partial charge is 0.328 e. The number of nitrogens with zero attached hydrogens (tertiary/aromatic N) is 1. The van der Waals surface area contributed by atoms with Gasteiger partial charge in [-0.3, -0.25) is 4.31 Å². The van der Waals surface area contributed by atoms with Gasteiger partial charge in [0.05, 0.1) is 17.7 Å². The molecule has 0 unspecified atom stereocenters. The van der Waals surface area contributed by atoms with Gasteiger partial charge in [-0.25, -0.2) is 13.2 Å². The summed E-state index contributed by atoms with van der Waals surface area (Å²) in [4.78, 5) is 11.5. The zero-order valence-corrected chi connectivity index (χ0v) is 17.3. The van der Waals surface area contributed by atoms with Gasteiger partial charge < -0.3 is 9.84 Å². The zero-order valence-electron chi connectivity index (χ0n) is 16.5. The first-order valence-electron chi connectivity index (χ1n) is 9.06. The van der Waals surface area contributed by atoms with Crippen LogP contribution in [0, 0.1) is 0 Å². The molecule has 3 rings (SSSR count). The minimum absolute atomic E-state index is 0.126. The third-order valence-corrected chi connectivity index (χ3v) is 6.39. The fourth-order valence-electron chi connectivity index (χ4n) is 2.99. The van der Waals surface area contributed by atoms with Crippen LogP contribution in [0.2, 0.25) is 0 Å². The van der Waals surface area contributed by atoms with Gasteiger partial charge in [-0.15, -0.1) is 0 Å². The number of methoxy groups -OCH3 is 1. The molecule has 3 aromatic rings. The van der Waals surface area contributed by atoms with Crippen LogP contribution in [0.3, 0.4) is 0 Å². The van der Waals surface area contributed by atoms with E-state index in [0.717, 1.165) is 11.6 Å². The Morgan fingerprint density at radius 1 is 0.933 bits per heavy atom. The summed E-state index contributed by atoms with van der Waals surface area (Å²) in [5, 5.41) is 9.31. The fraction of sp³-hybridized carbons (Fsp3) is 0.0870. The predicted molar refractivity (Wildman–Crippen MR) is 116 cm³/mol. The van der Waals surface area contributed by atoms with Crippen molar-refractivity contribution in [3.63, 3.8) is 0 Å². The van der Waals surface area contributed by atoms with Crippen molar-refractivity contribution < 1.29 is 23.1 Å². The highest BCUT2D eigenvalue weighted by molar-refractivity contribution is 7.92. The number of sulfonamides is 1. The molecule has 0 aliphatic rings. The molecule has 6 nitrogen and oxygen atoms in total. The Balaban J connectivity index is 2.02. The van der Waals surface area contributed by atoms with Gasteiger partial charge in [0.25, 0.3) is 10.0 Å². The molecule has 0 fully saturated rings. The molecule has 0 atom stereocenters. The molecule has 1 N–H and O–H groups in total. The monoisotopic (exact) mass is 423 g/mol. The minimum Gasteiger partial charge on any atom is -0.497 e. The lowest BCUT2D eigenvalue weighted by atomic mass is 9.97. The number of benzene rings is 3. The maximum absolute atomic E-state index is 13.0. The second kappa shape index (κ2) is 8.84. The van der Waals surface area contributed by atoms with Crippen LogP contribution >= 0.6 is 0 Å². The fourth-order valence-corrected chi connectivity index (χ4v) is 4.18. The molecule has 0 radical (unpaired) electrons. The van der Waals surface area contributed by atoms with Crippen molar-refractivity contribution >= 4 is 27.3 Å². The predicted octanol–water partition coefficient (Wildman–Crippen LogP) is 4.04. The van der Waals surface area contributed by atoms with E-state index in [-0.39, 0.29) is 4.90 Å². The Morgan fingerprint density at radius 2 is 1.57 bits per heavy atom. The molecule has 0 spiro atoms. The average Bonchev–Trinajstić information content (AvgIpc) is 2.77. The standard InChI is InChI=1S/C23H21NO5S/c1-24(30(27,28)21-13-11-20(29-2)12-14-21)19-10-6-9-18(15-19)22(16-23(25)26)17-7-4-3-5-8-17/h3-16H,1-2H3,(H,25,26)/b22-16-. The lowest BCUT2D eigenvalue weighted by Crippen LogP contribution is -2.26. The SMILES string of the molecule is COc1ccc(S(=O)(=O)N(C)c2cccc(/C(=C\C(=O)O)c3ccccc3)c2)cc1. The maximum Gasteiger partial charge on any atom is 0.328 e. The van der Waals surface area contributed by atoms with Crippen molar-refractivity contribution in [1.29, 1.82) is 0 Å². The second-order valence-electron chi connectivity index (χ2n) is 6.46. The maximum atomic E-state index is 13.0. The van der Waals surface area contributed by atoms with E-state index in [1.807, 2.05) is 18.2 Å². The first kappa shape index (κ1) is 21.1. The van der Waals surface area contributed by atoms with Crippen LogP contribution in [0.25, 0.3) is 5.57 Å². The number of ether oxygens (including phenoxy) is 1. The molecule has 0 saturated carbocycles. The summed E-state index contributed by atoms with van der Waals surface area (Å²) in [5.74, 6) is -0.525. The average molecular weight is 423 g/mol. The highest BCUT2D eigenvalue weighted by Gasteiger charge is 2.22. The molecule has 0 bridgehead atoms. The molecular weight excluding hydrogens is 402 g/mol. The van der Waals surface area contributed by atoms with E-state index in [0.29, 0.717) is 22.6 Å². The van der Waals surface area contributed by atoms with E-state index in [1.54, 1.807) is 48.5 Å². The molecule has 0 heterocycles. The Hall–Kier alpha value is -3.58. The van der Waals surface area contributed by atoms with Crippen LogP contribution in [0.15, 0.2) is 89.8 Å². The summed E-state index contributed by atoms with van der Waals surface area (Å²) in [6.45, 7) is 0. The molecule has 3 aromatic carbocycles. The Morgan fingerprint density at radius 3 is 2.17 bits per heavy atom. The highest BCUT2D eigenvalue weighted by Crippen LogP contribution is 2.29. The molecular formula is C23H21NO5S. The van der Waals surface area contributed by atoms with Crippen molar-refractivity contribution in [3.05, 3.63) is 96.1 Å². The number of carboxylic acid groups (broad SMARTS) is 1. The van der Waals surface area contributed by atoms with E-state index in [4.69, 9.17) is 4.74 Å². The Labute approximate surface area is 175 Å². The molecule has 0 saturated heterocycles. The van der Waals surface area contributed by atoms with Gasteiger partial charge in [-0.05, 0) is 53.1 Å². The lowest BCUT2D eigenvalue weighted by Gasteiger charge is -2.21. The summed E-state index contributed by atoms with van der Waals surface area (Å²) in [6, 6.07) is 22.0. The molecule has 154 valence electrons. The number of hydrogen-bond acceptors (Lipinski definition) is 4. The van der Waals surface area contributed by atoms with E-state index in [1.165, 1.54) is 30.6 Å². The lowest BCUT2D eigenvalue weighted by molar-refractivity contribution is -0.131. The minimum atomic E-state index is -3.81. The summed E-state index contributed by atoms with van der Waals surface area (Å²) < 4.78 is 32.3. The number of carboxylic acids is 1. The van der Waals surface area contributed by atoms with Crippen molar-refractivity contribution in [2.24, 2.45) is 0 Å². The van der Waals surface area contributed by atoms with Gasteiger partial charge in [-0.2, -0.15) is 0 Å². The first-order chi connectivity index (χ1) is 14.3. The largest absolute Gasteiger partial charge is 0.497 e. The summed E-state index contributed by atoms with van der Waals surface area (Å²) in [5.41, 5.74) is 2.21. The van der Waals surface area contributed by atoms with Gasteiger partial charge in [0.15, 0.2) is 0 Å². The quantitative estimate of drug-likeness (QED) is 0.580. The van der Waals surface area contributed by atoms with Crippen LogP contribution in [0.1, 0.15) is 11.1 Å². The van der Waals surface area contributed by atoms with E-state index in [9.17, 15) is 18.3 Å². The van der Waals surface area contributed by atoms with Crippen molar-refractivity contribution in [3.8, 4) is 5.75 Å². The van der Waals surface area contributed by atoms with Crippen LogP contribution in [0.4, 0.5) is 5.69 Å². The first-order valence-corrected chi connectivity index (χ1v) is 10.5. The third kappa shape index (κ3) is 4.52. The van der Waals surface area contributed by atoms with Crippen LogP contribution in [0.5, 0.6) is 5.75 Å². The van der Waals surface area contributed by atoms with Crippen LogP contribution in [-0.4, -0.2) is 33.7 Å². The number of rotatable bonds is 7. The number of hydrogen-bond donors (Lipinski definition) is 1. The molecule has 0 aromatic heterocycles. The van der Waals surface area contributed by atoms with Gasteiger partial charge in [-0.1, -0.05) is 42.5 Å². The Bertz CT molecular complexity index is 1170. The van der Waals surface area contributed by atoms with Crippen LogP contribution < -0.4 is 9.04 Å². The normalized spacial score (nSPS) is 11.7. The van der Waals surface area contributed by atoms with Gasteiger partial charge in [0.2, 0.25) is 0 Å². The molecule has 0 aliphatic carbocycles. The van der Waals surface area contributed by atoms with E-state index in [2.05, 4.69) is 0 Å². The van der Waals surface area contributed by atoms with Crippen molar-refractivity contribution in [2.45, 2.75) is 4.90 Å². The number of carbonyl (C=O) groups is 1. The number of aliphatic carboxylic acids is 1. The van der Waals surface area contributed by atoms with E-state index < -0.39 is 16.0 Å². The highest BCUT2D eigenvalue weighted by atomic mass is 32.2. The number of anilines is 1. The second-order valence-corrected chi connectivity index (χ2v) is 8.43. The van der Waals surface area contributed by atoms with Crippen molar-refractivity contribution in [2.75, 3.05) is 18.5 Å². The summed E-state index contributed by atoms with van der Waals surface area (Å²) >= 11 is 0. The zero-order chi connectivity index (χ0) is 21.7. The van der Waals surface area contributed by atoms with Gasteiger partial charge in [0.1, 0.15) is 5.75 Å². The summed E-state index contributed by atoms with van der Waals surface area (Å²) in [7, 11) is -0.835. The molecule has 0 amide bonds. The van der Waals surface area contributed by atoms with Crippen LogP contribution in [-0.2, 0) is 14.8 Å². The third-order valence-electron chi connectivity index (χ3n) is 4.59. The Kier molecular flexibility index (Phi) is 6.23. The van der Waals surface area contributed by atoms with Gasteiger partial charge in [0, 0.05) is 13.1 Å². The van der Waals surface area contributed by atoms with Crippen molar-refractivity contribution in [1.82, 2.24) is 0 Å². The van der Waals surface area contributed by atoms with Gasteiger partial charge >= 0.3 is 5.97 Å².